The van der Waals surface area contributed by atoms with Gasteiger partial charge in [0.05, 0.1) is 19.3 Å². The predicted octanol–water partition coefficient (Wildman–Crippen LogP) is 3.69. The molecule has 150 valence electrons. The number of carbonyl (C=O) groups excluding carboxylic acids is 2. The number of benzene rings is 2. The maximum absolute atomic E-state index is 12.3. The Morgan fingerprint density at radius 3 is 2.43 bits per heavy atom. The summed E-state index contributed by atoms with van der Waals surface area (Å²) in [5.41, 5.74) is 1.26. The molecule has 2 aromatic carbocycles. The number of rotatable bonds is 10. The highest BCUT2D eigenvalue weighted by Crippen LogP contribution is 2.19. The average Bonchev–Trinajstić information content (AvgIpc) is 2.72. The van der Waals surface area contributed by atoms with Crippen LogP contribution in [0.3, 0.4) is 0 Å². The monoisotopic (exact) mass is 385 g/mol. The van der Waals surface area contributed by atoms with Gasteiger partial charge in [-0.05, 0) is 36.8 Å². The highest BCUT2D eigenvalue weighted by Gasteiger charge is 2.15. The van der Waals surface area contributed by atoms with E-state index in [9.17, 15) is 9.59 Å². The molecule has 6 nitrogen and oxygen atoms in total. The van der Waals surface area contributed by atoms with E-state index in [1.807, 2.05) is 24.3 Å². The number of esters is 1. The molecule has 0 aliphatic heterocycles. The molecule has 0 unspecified atom stereocenters. The molecule has 0 spiro atoms. The summed E-state index contributed by atoms with van der Waals surface area (Å²) in [6.45, 7) is 2.79. The van der Waals surface area contributed by atoms with E-state index in [1.165, 1.54) is 4.90 Å². The van der Waals surface area contributed by atoms with Crippen molar-refractivity contribution in [2.45, 2.75) is 26.3 Å². The van der Waals surface area contributed by atoms with Gasteiger partial charge in [-0.2, -0.15) is 0 Å². The number of hydrogen-bond donors (Lipinski definition) is 0. The second-order valence-electron chi connectivity index (χ2n) is 6.36. The SMILES string of the molecule is CCCCOc1ccc(C(=O)OCC(=O)N(C)Cc2ccccc2OC)cc1. The minimum Gasteiger partial charge on any atom is -0.496 e. The summed E-state index contributed by atoms with van der Waals surface area (Å²) < 4.78 is 16.0. The molecule has 0 saturated carbocycles. The summed E-state index contributed by atoms with van der Waals surface area (Å²) in [7, 11) is 3.24. The molecule has 2 rings (SSSR count). The van der Waals surface area contributed by atoms with Crippen LogP contribution in [0.2, 0.25) is 0 Å². The van der Waals surface area contributed by atoms with Gasteiger partial charge < -0.3 is 19.1 Å². The van der Waals surface area contributed by atoms with Gasteiger partial charge in [-0.25, -0.2) is 4.79 Å². The number of nitrogens with zero attached hydrogens (tertiary/aromatic N) is 1. The van der Waals surface area contributed by atoms with E-state index < -0.39 is 5.97 Å². The molecular weight excluding hydrogens is 358 g/mol. The predicted molar refractivity (Wildman–Crippen MR) is 107 cm³/mol. The lowest BCUT2D eigenvalue weighted by molar-refractivity contribution is -0.133. The van der Waals surface area contributed by atoms with Gasteiger partial charge in [-0.3, -0.25) is 4.79 Å². The fraction of sp³-hybridized carbons (Fsp3) is 0.364. The van der Waals surface area contributed by atoms with Crippen LogP contribution in [0.4, 0.5) is 0 Å². The second kappa shape index (κ2) is 11.0. The lowest BCUT2D eigenvalue weighted by Gasteiger charge is -2.18. The number of hydrogen-bond acceptors (Lipinski definition) is 5. The van der Waals surface area contributed by atoms with Gasteiger partial charge in [0, 0.05) is 19.2 Å². The van der Waals surface area contributed by atoms with Gasteiger partial charge in [0.2, 0.25) is 0 Å². The molecule has 0 saturated heterocycles. The fourth-order valence-corrected chi connectivity index (χ4v) is 2.52. The molecule has 0 atom stereocenters. The van der Waals surface area contributed by atoms with Crippen LogP contribution >= 0.6 is 0 Å². The summed E-state index contributed by atoms with van der Waals surface area (Å²) in [6, 6.07) is 14.2. The van der Waals surface area contributed by atoms with Crippen LogP contribution < -0.4 is 9.47 Å². The third kappa shape index (κ3) is 6.30. The third-order valence-electron chi connectivity index (χ3n) is 4.21. The minimum atomic E-state index is -0.542. The maximum atomic E-state index is 12.3. The first-order valence-electron chi connectivity index (χ1n) is 9.31. The number of unbranched alkanes of at least 4 members (excludes halogenated alkanes) is 1. The van der Waals surface area contributed by atoms with Gasteiger partial charge >= 0.3 is 5.97 Å². The molecular formula is C22H27NO5. The zero-order chi connectivity index (χ0) is 20.4. The van der Waals surface area contributed by atoms with E-state index in [0.29, 0.717) is 30.2 Å². The van der Waals surface area contributed by atoms with Gasteiger partial charge in [-0.15, -0.1) is 0 Å². The fourth-order valence-electron chi connectivity index (χ4n) is 2.52. The van der Waals surface area contributed by atoms with Gasteiger partial charge in [0.15, 0.2) is 6.61 Å². The Morgan fingerprint density at radius 2 is 1.75 bits per heavy atom. The number of amides is 1. The van der Waals surface area contributed by atoms with Crippen molar-refractivity contribution in [3.05, 3.63) is 59.7 Å². The summed E-state index contributed by atoms with van der Waals surface area (Å²) in [5.74, 6) is 0.580. The summed E-state index contributed by atoms with van der Waals surface area (Å²) in [6.07, 6.45) is 2.04. The molecule has 0 bridgehead atoms. The molecule has 0 radical (unpaired) electrons. The zero-order valence-electron chi connectivity index (χ0n) is 16.6. The Balaban J connectivity index is 1.83. The Morgan fingerprint density at radius 1 is 1.04 bits per heavy atom. The Bertz CT molecular complexity index is 773. The van der Waals surface area contributed by atoms with Crippen molar-refractivity contribution in [1.82, 2.24) is 4.90 Å². The molecule has 28 heavy (non-hydrogen) atoms. The van der Waals surface area contributed by atoms with Crippen LogP contribution in [-0.4, -0.2) is 44.1 Å². The van der Waals surface area contributed by atoms with E-state index in [2.05, 4.69) is 6.92 Å². The van der Waals surface area contributed by atoms with Crippen LogP contribution in [0.1, 0.15) is 35.7 Å². The molecule has 0 aromatic heterocycles. The van der Waals surface area contributed by atoms with Crippen molar-refractivity contribution in [3.8, 4) is 11.5 Å². The molecule has 6 heteroatoms. The van der Waals surface area contributed by atoms with Gasteiger partial charge in [0.1, 0.15) is 11.5 Å². The van der Waals surface area contributed by atoms with Gasteiger partial charge in [-0.1, -0.05) is 31.5 Å². The number of carbonyl (C=O) groups is 2. The van der Waals surface area contributed by atoms with Crippen molar-refractivity contribution in [1.29, 1.82) is 0 Å². The van der Waals surface area contributed by atoms with Crippen LogP contribution in [0.5, 0.6) is 11.5 Å². The first kappa shape index (κ1) is 21.3. The number of methoxy groups -OCH3 is 1. The first-order chi connectivity index (χ1) is 13.5. The topological polar surface area (TPSA) is 65.1 Å². The molecule has 1 amide bonds. The van der Waals surface area contributed by atoms with Crippen LogP contribution in [0, 0.1) is 0 Å². The average molecular weight is 385 g/mol. The highest BCUT2D eigenvalue weighted by molar-refractivity contribution is 5.91. The Kier molecular flexibility index (Phi) is 8.34. The van der Waals surface area contributed by atoms with Crippen LogP contribution in [0.15, 0.2) is 48.5 Å². The number of para-hydroxylation sites is 1. The molecule has 0 fully saturated rings. The molecule has 0 N–H and O–H groups in total. The molecule has 0 aliphatic carbocycles. The maximum Gasteiger partial charge on any atom is 0.338 e. The Hall–Kier alpha value is -3.02. The standard InChI is InChI=1S/C22H27NO5/c1-4-5-14-27-19-12-10-17(11-13-19)22(25)28-16-21(24)23(2)15-18-8-6-7-9-20(18)26-3/h6-13H,4-5,14-16H2,1-3H3. The number of likely N-dealkylation sites (N-methyl/N-ethyl adjacent to an activating group) is 1. The normalized spacial score (nSPS) is 10.2. The van der Waals surface area contributed by atoms with E-state index in [0.717, 1.165) is 18.4 Å². The van der Waals surface area contributed by atoms with Crippen LogP contribution in [0.25, 0.3) is 0 Å². The van der Waals surface area contributed by atoms with Crippen molar-refractivity contribution < 1.29 is 23.8 Å². The highest BCUT2D eigenvalue weighted by atomic mass is 16.5. The lowest BCUT2D eigenvalue weighted by Crippen LogP contribution is -2.31. The van der Waals surface area contributed by atoms with Crippen LogP contribution in [-0.2, 0) is 16.1 Å². The van der Waals surface area contributed by atoms with E-state index in [-0.39, 0.29) is 12.5 Å². The summed E-state index contributed by atoms with van der Waals surface area (Å²) in [5, 5.41) is 0. The smallest absolute Gasteiger partial charge is 0.338 e. The molecule has 0 aliphatic rings. The van der Waals surface area contributed by atoms with Crippen molar-refractivity contribution in [2.75, 3.05) is 27.4 Å². The third-order valence-corrected chi connectivity index (χ3v) is 4.21. The molecule has 0 heterocycles. The lowest BCUT2D eigenvalue weighted by atomic mass is 10.2. The van der Waals surface area contributed by atoms with Crippen molar-refractivity contribution in [2.24, 2.45) is 0 Å². The van der Waals surface area contributed by atoms with Crippen molar-refractivity contribution in [3.63, 3.8) is 0 Å². The van der Waals surface area contributed by atoms with Gasteiger partial charge in [0.25, 0.3) is 5.91 Å². The Labute approximate surface area is 166 Å². The zero-order valence-corrected chi connectivity index (χ0v) is 16.6. The first-order valence-corrected chi connectivity index (χ1v) is 9.31. The number of ether oxygens (including phenoxy) is 3. The minimum absolute atomic E-state index is 0.293. The van der Waals surface area contributed by atoms with E-state index in [1.54, 1.807) is 38.4 Å². The quantitative estimate of drug-likeness (QED) is 0.461. The van der Waals surface area contributed by atoms with E-state index >= 15 is 0 Å². The summed E-state index contributed by atoms with van der Waals surface area (Å²) in [4.78, 5) is 25.9. The second-order valence-corrected chi connectivity index (χ2v) is 6.36. The molecule has 2 aromatic rings. The van der Waals surface area contributed by atoms with Crippen molar-refractivity contribution >= 4 is 11.9 Å². The van der Waals surface area contributed by atoms with E-state index in [4.69, 9.17) is 14.2 Å². The largest absolute Gasteiger partial charge is 0.496 e. The summed E-state index contributed by atoms with van der Waals surface area (Å²) >= 11 is 0.